The molecule has 8 heteroatoms. The van der Waals surface area contributed by atoms with Gasteiger partial charge in [0.2, 0.25) is 0 Å². The Labute approximate surface area is 113 Å². The smallest absolute Gasteiger partial charge is 0.301 e. The van der Waals surface area contributed by atoms with Crippen LogP contribution >= 0.6 is 11.8 Å². The second kappa shape index (κ2) is 5.61. The van der Waals surface area contributed by atoms with E-state index < -0.39 is 4.92 Å². The summed E-state index contributed by atoms with van der Waals surface area (Å²) in [6.45, 7) is 6.02. The van der Waals surface area contributed by atoms with Crippen LogP contribution in [0.4, 0.5) is 5.69 Å². The average Bonchev–Trinajstić information content (AvgIpc) is 2.72. The maximum Gasteiger partial charge on any atom is 0.301 e. The lowest BCUT2D eigenvalue weighted by molar-refractivity contribution is -0.388. The monoisotopic (exact) mass is 277 g/mol. The van der Waals surface area contributed by atoms with Crippen molar-refractivity contribution in [1.82, 2.24) is 19.7 Å². The van der Waals surface area contributed by atoms with E-state index in [1.807, 2.05) is 11.5 Å². The first-order valence-corrected chi connectivity index (χ1v) is 6.23. The summed E-state index contributed by atoms with van der Waals surface area (Å²) in [6.07, 6.45) is 3.23. The van der Waals surface area contributed by atoms with Gasteiger partial charge in [-0.05, 0) is 24.8 Å². The number of pyridine rings is 1. The van der Waals surface area contributed by atoms with Crippen LogP contribution in [0.2, 0.25) is 0 Å². The van der Waals surface area contributed by atoms with Gasteiger partial charge in [-0.15, -0.1) is 16.8 Å². The van der Waals surface area contributed by atoms with Crippen molar-refractivity contribution in [3.8, 4) is 0 Å². The summed E-state index contributed by atoms with van der Waals surface area (Å²) in [6, 6.07) is 2.94. The maximum absolute atomic E-state index is 10.9. The van der Waals surface area contributed by atoms with Crippen molar-refractivity contribution >= 4 is 17.4 Å². The summed E-state index contributed by atoms with van der Waals surface area (Å²) in [5, 5.41) is 19.7. The molecule has 98 valence electrons. The molecule has 0 N–H and O–H groups in total. The highest BCUT2D eigenvalue weighted by atomic mass is 32.2. The molecule has 2 heterocycles. The predicted molar refractivity (Wildman–Crippen MR) is 70.0 cm³/mol. The molecule has 7 nitrogen and oxygen atoms in total. The van der Waals surface area contributed by atoms with Gasteiger partial charge in [0, 0.05) is 18.8 Å². The largest absolute Gasteiger partial charge is 0.302 e. The molecule has 0 fully saturated rings. The Hall–Kier alpha value is -2.22. The van der Waals surface area contributed by atoms with Gasteiger partial charge in [-0.25, -0.2) is 4.98 Å². The molecule has 0 spiro atoms. The van der Waals surface area contributed by atoms with E-state index in [2.05, 4.69) is 21.8 Å². The SMILES string of the molecule is C=CCn1c(C)nnc1Sc1ncccc1[N+](=O)[O-]. The summed E-state index contributed by atoms with van der Waals surface area (Å²) in [5.41, 5.74) is -0.0432. The molecule has 0 aromatic carbocycles. The second-order valence-electron chi connectivity index (χ2n) is 3.62. The summed E-state index contributed by atoms with van der Waals surface area (Å²) in [5.74, 6) is 0.723. The molecule has 0 unspecified atom stereocenters. The van der Waals surface area contributed by atoms with Crippen LogP contribution in [-0.2, 0) is 6.54 Å². The van der Waals surface area contributed by atoms with E-state index >= 15 is 0 Å². The summed E-state index contributed by atoms with van der Waals surface area (Å²) < 4.78 is 1.82. The second-order valence-corrected chi connectivity index (χ2v) is 4.57. The number of allylic oxidation sites excluding steroid dienone is 1. The van der Waals surface area contributed by atoms with Crippen LogP contribution in [0.5, 0.6) is 0 Å². The average molecular weight is 277 g/mol. The van der Waals surface area contributed by atoms with Gasteiger partial charge in [-0.1, -0.05) is 6.08 Å². The number of nitrogens with zero attached hydrogens (tertiary/aromatic N) is 5. The Kier molecular flexibility index (Phi) is 3.91. The van der Waals surface area contributed by atoms with Crippen LogP contribution in [0.15, 0.2) is 41.2 Å². The molecule has 2 rings (SSSR count). The van der Waals surface area contributed by atoms with Gasteiger partial charge in [0.05, 0.1) is 4.92 Å². The summed E-state index contributed by atoms with van der Waals surface area (Å²) in [7, 11) is 0. The first kappa shape index (κ1) is 13.2. The Balaban J connectivity index is 2.36. The Morgan fingerprint density at radius 3 is 3.05 bits per heavy atom. The van der Waals surface area contributed by atoms with Gasteiger partial charge in [-0.3, -0.25) is 10.1 Å². The molecule has 2 aromatic rings. The van der Waals surface area contributed by atoms with Crippen LogP contribution in [-0.4, -0.2) is 24.7 Å². The molecule has 0 radical (unpaired) electrons. The number of hydrogen-bond donors (Lipinski definition) is 0. The molecule has 0 bridgehead atoms. The van der Waals surface area contributed by atoms with Crippen molar-refractivity contribution < 1.29 is 4.92 Å². The molecular weight excluding hydrogens is 266 g/mol. The fourth-order valence-corrected chi connectivity index (χ4v) is 2.39. The molecule has 2 aromatic heterocycles. The normalized spacial score (nSPS) is 10.4. The molecule has 0 aliphatic heterocycles. The molecule has 0 amide bonds. The lowest BCUT2D eigenvalue weighted by Gasteiger charge is -2.04. The van der Waals surface area contributed by atoms with Crippen LogP contribution < -0.4 is 0 Å². The van der Waals surface area contributed by atoms with Crippen molar-refractivity contribution in [2.75, 3.05) is 0 Å². The zero-order valence-electron chi connectivity index (χ0n) is 10.2. The van der Waals surface area contributed by atoms with Gasteiger partial charge < -0.3 is 4.57 Å². The van der Waals surface area contributed by atoms with E-state index in [4.69, 9.17) is 0 Å². The number of aromatic nitrogens is 4. The van der Waals surface area contributed by atoms with E-state index in [0.29, 0.717) is 16.7 Å². The molecule has 0 aliphatic carbocycles. The zero-order valence-corrected chi connectivity index (χ0v) is 11.0. The van der Waals surface area contributed by atoms with Crippen molar-refractivity contribution in [2.45, 2.75) is 23.7 Å². The molecule has 0 atom stereocenters. The molecular formula is C11H11N5O2S. The molecule has 19 heavy (non-hydrogen) atoms. The zero-order chi connectivity index (χ0) is 13.8. The van der Waals surface area contributed by atoms with Gasteiger partial charge in [-0.2, -0.15) is 0 Å². The third-order valence-electron chi connectivity index (χ3n) is 2.35. The highest BCUT2D eigenvalue weighted by molar-refractivity contribution is 7.99. The maximum atomic E-state index is 10.9. The molecule has 0 aliphatic rings. The summed E-state index contributed by atoms with van der Waals surface area (Å²) >= 11 is 1.12. The summed E-state index contributed by atoms with van der Waals surface area (Å²) in [4.78, 5) is 14.5. The van der Waals surface area contributed by atoms with Gasteiger partial charge in [0.25, 0.3) is 0 Å². The lowest BCUT2D eigenvalue weighted by atomic mass is 10.4. The van der Waals surface area contributed by atoms with E-state index in [9.17, 15) is 10.1 Å². The Bertz CT molecular complexity index is 625. The quantitative estimate of drug-likeness (QED) is 0.473. The fraction of sp³-hybridized carbons (Fsp3) is 0.182. The lowest BCUT2D eigenvalue weighted by Crippen LogP contribution is -2.00. The highest BCUT2D eigenvalue weighted by Gasteiger charge is 2.18. The minimum absolute atomic E-state index is 0.0432. The Morgan fingerprint density at radius 2 is 2.37 bits per heavy atom. The first-order chi connectivity index (χ1) is 9.13. The van der Waals surface area contributed by atoms with Crippen LogP contribution in [0.3, 0.4) is 0 Å². The molecule has 0 saturated carbocycles. The van der Waals surface area contributed by atoms with Crippen LogP contribution in [0.25, 0.3) is 0 Å². The Morgan fingerprint density at radius 1 is 1.58 bits per heavy atom. The van der Waals surface area contributed by atoms with Gasteiger partial charge in [0.1, 0.15) is 5.82 Å². The first-order valence-electron chi connectivity index (χ1n) is 5.41. The minimum atomic E-state index is -0.462. The number of nitro groups is 1. The topological polar surface area (TPSA) is 86.7 Å². The van der Waals surface area contributed by atoms with Gasteiger partial charge >= 0.3 is 5.69 Å². The molecule has 0 saturated heterocycles. The highest BCUT2D eigenvalue weighted by Crippen LogP contribution is 2.31. The van der Waals surface area contributed by atoms with Crippen LogP contribution in [0.1, 0.15) is 5.82 Å². The third kappa shape index (κ3) is 2.79. The predicted octanol–water partition coefficient (Wildman–Crippen LogP) is 2.23. The number of rotatable bonds is 5. The van der Waals surface area contributed by atoms with E-state index in [1.54, 1.807) is 6.08 Å². The number of hydrogen-bond acceptors (Lipinski definition) is 6. The van der Waals surface area contributed by atoms with Crippen LogP contribution in [0, 0.1) is 17.0 Å². The van der Waals surface area contributed by atoms with Crippen molar-refractivity contribution in [3.05, 3.63) is 46.9 Å². The van der Waals surface area contributed by atoms with E-state index in [0.717, 1.165) is 17.6 Å². The van der Waals surface area contributed by atoms with E-state index in [1.165, 1.54) is 18.3 Å². The standard InChI is InChI=1S/C11H11N5O2S/c1-3-7-15-8(2)13-14-11(15)19-10-9(16(17)18)5-4-6-12-10/h3-6H,1,7H2,2H3. The number of aryl methyl sites for hydroxylation is 1. The van der Waals surface area contributed by atoms with Crippen molar-refractivity contribution in [3.63, 3.8) is 0 Å². The van der Waals surface area contributed by atoms with E-state index in [-0.39, 0.29) is 5.69 Å². The minimum Gasteiger partial charge on any atom is -0.302 e. The van der Waals surface area contributed by atoms with Crippen molar-refractivity contribution in [2.24, 2.45) is 0 Å². The third-order valence-corrected chi connectivity index (χ3v) is 3.34. The van der Waals surface area contributed by atoms with Gasteiger partial charge in [0.15, 0.2) is 10.2 Å². The van der Waals surface area contributed by atoms with Crippen molar-refractivity contribution in [1.29, 1.82) is 0 Å². The fourth-order valence-electron chi connectivity index (χ4n) is 1.46.